The summed E-state index contributed by atoms with van der Waals surface area (Å²) in [5.41, 5.74) is 7.65. The third-order valence-corrected chi connectivity index (χ3v) is 5.82. The van der Waals surface area contributed by atoms with Crippen molar-refractivity contribution in [1.82, 2.24) is 10.6 Å². The molecular weight excluding hydrogens is 514 g/mol. The molecule has 0 bridgehead atoms. The average Bonchev–Trinajstić information content (AvgIpc) is 2.90. The number of carbonyl (C=O) groups excluding carboxylic acids is 2. The summed E-state index contributed by atoms with van der Waals surface area (Å²) in [5, 5.41) is 6.47. The van der Waals surface area contributed by atoms with Crippen LogP contribution in [0.15, 0.2) is 60.5 Å². The molecule has 1 atom stereocenters. The van der Waals surface area contributed by atoms with E-state index in [-0.39, 0.29) is 18.3 Å². The van der Waals surface area contributed by atoms with E-state index in [4.69, 9.17) is 15.2 Å². The first-order chi connectivity index (χ1) is 19.5. The molecule has 0 aliphatic rings. The van der Waals surface area contributed by atoms with Gasteiger partial charge in [-0.15, -0.1) is 0 Å². The number of nitrogens with one attached hydrogen (secondary N) is 2. The second-order valence-corrected chi connectivity index (χ2v) is 11.1. The van der Waals surface area contributed by atoms with E-state index in [9.17, 15) is 9.59 Å². The minimum Gasteiger partial charge on any atom is -0.486 e. The first-order valence-electron chi connectivity index (χ1n) is 14.9. The summed E-state index contributed by atoms with van der Waals surface area (Å²) < 4.78 is 11.9. The number of allylic oxidation sites excluding steroid dienone is 1. The van der Waals surface area contributed by atoms with Gasteiger partial charge in [0.15, 0.2) is 11.7 Å². The fourth-order valence-electron chi connectivity index (χ4n) is 4.04. The summed E-state index contributed by atoms with van der Waals surface area (Å²) in [7, 11) is 0. The molecule has 1 amide bonds. The molecule has 0 saturated heterocycles. The van der Waals surface area contributed by atoms with Crippen LogP contribution in [-0.4, -0.2) is 43.0 Å². The van der Waals surface area contributed by atoms with Gasteiger partial charge in [0, 0.05) is 19.4 Å². The highest BCUT2D eigenvalue weighted by Gasteiger charge is 2.23. The molecule has 0 radical (unpaired) electrons. The average molecular weight is 568 g/mol. The zero-order chi connectivity index (χ0) is 30.7. The van der Waals surface area contributed by atoms with Crippen LogP contribution >= 0.6 is 0 Å². The Morgan fingerprint density at radius 1 is 1.02 bits per heavy atom. The van der Waals surface area contributed by atoms with Crippen LogP contribution in [0.1, 0.15) is 83.9 Å². The summed E-state index contributed by atoms with van der Waals surface area (Å²) in [6.07, 6.45) is 6.35. The van der Waals surface area contributed by atoms with E-state index in [2.05, 4.69) is 22.8 Å². The van der Waals surface area contributed by atoms with Crippen molar-refractivity contribution in [3.8, 4) is 5.75 Å². The standard InChI is InChI=1S/C32H46N2O4.C2H7N/c1-7-13-27(35)23-37-29-19-18-26(21-24(29)3)22-28(34-30(14-8-2)38-32(4,5)6)31(36)33-20-12-17-25-15-10-9-11-16-25;1-2-3/h9-11,14-16,18-19,21,28,34H,7-8,12-13,17,20,22-23H2,1-6H3,(H,33,36);2-3H2,1H3/b30-14-;. The molecule has 0 fully saturated rings. The number of aryl methyl sites for hydroxylation is 2. The number of nitrogens with two attached hydrogens (primary N) is 1. The molecule has 0 heterocycles. The van der Waals surface area contributed by atoms with E-state index >= 15 is 0 Å². The van der Waals surface area contributed by atoms with Gasteiger partial charge in [0.25, 0.3) is 0 Å². The van der Waals surface area contributed by atoms with E-state index in [1.54, 1.807) is 0 Å². The van der Waals surface area contributed by atoms with Gasteiger partial charge in [-0.2, -0.15) is 0 Å². The highest BCUT2D eigenvalue weighted by Crippen LogP contribution is 2.21. The van der Waals surface area contributed by atoms with Crippen molar-refractivity contribution in [2.24, 2.45) is 5.73 Å². The van der Waals surface area contributed by atoms with Crippen molar-refractivity contribution < 1.29 is 19.1 Å². The van der Waals surface area contributed by atoms with Crippen LogP contribution in [0.5, 0.6) is 5.75 Å². The van der Waals surface area contributed by atoms with Gasteiger partial charge in [-0.3, -0.25) is 9.59 Å². The fourth-order valence-corrected chi connectivity index (χ4v) is 4.04. The zero-order valence-electron chi connectivity index (χ0n) is 26.3. The molecule has 0 aromatic heterocycles. The van der Waals surface area contributed by atoms with Crippen molar-refractivity contribution >= 4 is 11.7 Å². The zero-order valence-corrected chi connectivity index (χ0v) is 26.3. The van der Waals surface area contributed by atoms with Crippen LogP contribution in [0.4, 0.5) is 0 Å². The van der Waals surface area contributed by atoms with Gasteiger partial charge in [0.05, 0.1) is 0 Å². The number of Topliss-reactive ketones (excluding diaryl/α,β-unsaturated/α-hetero) is 1. The molecule has 228 valence electrons. The van der Waals surface area contributed by atoms with Gasteiger partial charge in [-0.05, 0) is 88.8 Å². The Bertz CT molecular complexity index is 1060. The van der Waals surface area contributed by atoms with Gasteiger partial charge >= 0.3 is 0 Å². The predicted octanol–water partition coefficient (Wildman–Crippen LogP) is 6.02. The Labute approximate surface area is 248 Å². The summed E-state index contributed by atoms with van der Waals surface area (Å²) >= 11 is 0. The van der Waals surface area contributed by atoms with Gasteiger partial charge in [-0.1, -0.05) is 63.2 Å². The van der Waals surface area contributed by atoms with Gasteiger partial charge in [-0.25, -0.2) is 0 Å². The molecule has 0 spiro atoms. The van der Waals surface area contributed by atoms with Crippen molar-refractivity contribution in [1.29, 1.82) is 0 Å². The summed E-state index contributed by atoms with van der Waals surface area (Å²) in [6.45, 7) is 15.3. The molecule has 1 unspecified atom stereocenters. The van der Waals surface area contributed by atoms with Gasteiger partial charge < -0.3 is 25.8 Å². The molecular formula is C34H53N3O4. The molecule has 0 aliphatic carbocycles. The topological polar surface area (TPSA) is 103 Å². The second kappa shape index (κ2) is 19.7. The third kappa shape index (κ3) is 15.9. The maximum atomic E-state index is 13.3. The second-order valence-electron chi connectivity index (χ2n) is 11.1. The van der Waals surface area contributed by atoms with E-state index in [1.807, 2.05) is 90.9 Å². The SMILES string of the molecule is CC/C=C(/NC(Cc1ccc(OCC(=O)CCC)c(C)c1)C(=O)NCCCc1ccccc1)OC(C)(C)C.CCN. The highest BCUT2D eigenvalue weighted by atomic mass is 16.5. The van der Waals surface area contributed by atoms with Crippen LogP contribution in [0.25, 0.3) is 0 Å². The van der Waals surface area contributed by atoms with E-state index in [0.717, 1.165) is 43.4 Å². The Morgan fingerprint density at radius 3 is 2.29 bits per heavy atom. The maximum absolute atomic E-state index is 13.3. The largest absolute Gasteiger partial charge is 0.486 e. The first-order valence-corrected chi connectivity index (χ1v) is 14.9. The number of benzene rings is 2. The minimum atomic E-state index is -0.510. The van der Waals surface area contributed by atoms with Gasteiger partial charge in [0.1, 0.15) is 24.0 Å². The molecule has 2 rings (SSSR count). The lowest BCUT2D eigenvalue weighted by Crippen LogP contribution is -2.46. The molecule has 7 heteroatoms. The van der Waals surface area contributed by atoms with Crippen LogP contribution in [0, 0.1) is 6.92 Å². The van der Waals surface area contributed by atoms with Crippen LogP contribution < -0.4 is 21.1 Å². The monoisotopic (exact) mass is 567 g/mol. The highest BCUT2D eigenvalue weighted by molar-refractivity contribution is 5.82. The van der Waals surface area contributed by atoms with Crippen LogP contribution in [-0.2, 0) is 27.2 Å². The van der Waals surface area contributed by atoms with E-state index < -0.39 is 11.6 Å². The molecule has 0 aliphatic heterocycles. The normalized spacial score (nSPS) is 12.0. The van der Waals surface area contributed by atoms with Crippen molar-refractivity contribution in [2.75, 3.05) is 19.7 Å². The Kier molecular flexibility index (Phi) is 17.2. The quantitative estimate of drug-likeness (QED) is 0.169. The molecule has 0 saturated carbocycles. The molecule has 4 N–H and O–H groups in total. The summed E-state index contributed by atoms with van der Waals surface area (Å²) in [5.74, 6) is 1.32. The molecule has 41 heavy (non-hydrogen) atoms. The van der Waals surface area contributed by atoms with Gasteiger partial charge in [0.2, 0.25) is 5.91 Å². The Morgan fingerprint density at radius 2 is 1.71 bits per heavy atom. The molecule has 7 nitrogen and oxygen atoms in total. The van der Waals surface area contributed by atoms with E-state index in [1.165, 1.54) is 5.56 Å². The lowest BCUT2D eigenvalue weighted by atomic mass is 10.0. The summed E-state index contributed by atoms with van der Waals surface area (Å²) in [6, 6.07) is 15.6. The summed E-state index contributed by atoms with van der Waals surface area (Å²) in [4.78, 5) is 25.2. The van der Waals surface area contributed by atoms with Crippen molar-refractivity contribution in [2.45, 2.75) is 98.6 Å². The van der Waals surface area contributed by atoms with Crippen LogP contribution in [0.2, 0.25) is 0 Å². The number of amides is 1. The smallest absolute Gasteiger partial charge is 0.242 e. The number of rotatable bonds is 16. The Hall–Kier alpha value is -3.32. The molecule has 2 aromatic carbocycles. The fraction of sp³-hybridized carbons (Fsp3) is 0.529. The number of carbonyl (C=O) groups is 2. The van der Waals surface area contributed by atoms with E-state index in [0.29, 0.717) is 31.0 Å². The number of hydrogen-bond acceptors (Lipinski definition) is 6. The Balaban J connectivity index is 0.00000268. The predicted molar refractivity (Wildman–Crippen MR) is 169 cm³/mol. The van der Waals surface area contributed by atoms with Crippen LogP contribution in [0.3, 0.4) is 0 Å². The minimum absolute atomic E-state index is 0.0688. The number of hydrogen-bond donors (Lipinski definition) is 3. The number of ether oxygens (including phenoxy) is 2. The molecule has 2 aromatic rings. The van der Waals surface area contributed by atoms with Crippen molar-refractivity contribution in [3.63, 3.8) is 0 Å². The maximum Gasteiger partial charge on any atom is 0.242 e. The lowest BCUT2D eigenvalue weighted by Gasteiger charge is -2.27. The number of ketones is 1. The third-order valence-electron chi connectivity index (χ3n) is 5.82. The van der Waals surface area contributed by atoms with Crippen molar-refractivity contribution in [3.05, 3.63) is 77.2 Å². The first kappa shape index (κ1) is 35.7. The lowest BCUT2D eigenvalue weighted by molar-refractivity contribution is -0.123.